The fourth-order valence-electron chi connectivity index (χ4n) is 3.02. The molecule has 0 aliphatic carbocycles. The molecule has 1 amide bonds. The number of rotatable bonds is 9. The van der Waals surface area contributed by atoms with Crippen molar-refractivity contribution in [1.82, 2.24) is 10.3 Å². The van der Waals surface area contributed by atoms with E-state index in [1.807, 2.05) is 25.1 Å². The molecule has 8 heteroatoms. The molecule has 2 aromatic carbocycles. The first kappa shape index (κ1) is 22.3. The maximum Gasteiger partial charge on any atom is 0.251 e. The minimum atomic E-state index is -3.56. The van der Waals surface area contributed by atoms with Gasteiger partial charge in [-0.25, -0.2) is 8.42 Å². The Labute approximate surface area is 182 Å². The van der Waals surface area contributed by atoms with E-state index in [0.29, 0.717) is 30.2 Å². The van der Waals surface area contributed by atoms with Crippen LogP contribution in [0.15, 0.2) is 72.9 Å². The second-order valence-electron chi connectivity index (χ2n) is 6.87. The number of para-hydroxylation sites is 2. The first-order chi connectivity index (χ1) is 14.9. The Morgan fingerprint density at radius 2 is 1.74 bits per heavy atom. The van der Waals surface area contributed by atoms with Gasteiger partial charge < -0.3 is 10.1 Å². The van der Waals surface area contributed by atoms with E-state index in [4.69, 9.17) is 4.74 Å². The highest BCUT2D eigenvalue weighted by Gasteiger charge is 2.21. The fraction of sp³-hybridized carbons (Fsp3) is 0.217. The van der Waals surface area contributed by atoms with Crippen molar-refractivity contribution < 1.29 is 17.9 Å². The third kappa shape index (κ3) is 6.05. The van der Waals surface area contributed by atoms with Gasteiger partial charge in [-0.15, -0.1) is 0 Å². The molecule has 31 heavy (non-hydrogen) atoms. The number of sulfonamides is 1. The molecule has 1 heterocycles. The van der Waals surface area contributed by atoms with E-state index < -0.39 is 10.0 Å². The molecule has 0 spiro atoms. The molecule has 0 atom stereocenters. The van der Waals surface area contributed by atoms with Crippen LogP contribution in [0.25, 0.3) is 0 Å². The summed E-state index contributed by atoms with van der Waals surface area (Å²) in [6.07, 6.45) is 2.84. The summed E-state index contributed by atoms with van der Waals surface area (Å²) in [6, 6.07) is 19.4. The van der Waals surface area contributed by atoms with Crippen molar-refractivity contribution in [2.75, 3.05) is 17.2 Å². The minimum Gasteiger partial charge on any atom is -0.492 e. The number of anilines is 1. The maximum atomic E-state index is 12.5. The number of nitrogens with one attached hydrogen (secondary N) is 1. The number of pyridine rings is 1. The van der Waals surface area contributed by atoms with Gasteiger partial charge in [0.15, 0.2) is 0 Å². The lowest BCUT2D eigenvalue weighted by Crippen LogP contribution is -2.29. The maximum absolute atomic E-state index is 12.5. The summed E-state index contributed by atoms with van der Waals surface area (Å²) in [6.45, 7) is 2.73. The quantitative estimate of drug-likeness (QED) is 0.552. The number of hydrogen-bond acceptors (Lipinski definition) is 5. The van der Waals surface area contributed by atoms with Crippen LogP contribution in [-0.4, -0.2) is 32.2 Å². The van der Waals surface area contributed by atoms with Crippen LogP contribution in [0.5, 0.6) is 5.75 Å². The van der Waals surface area contributed by atoms with Gasteiger partial charge in [0.25, 0.3) is 5.91 Å². The fourth-order valence-corrected chi connectivity index (χ4v) is 3.92. The number of amides is 1. The van der Waals surface area contributed by atoms with E-state index >= 15 is 0 Å². The van der Waals surface area contributed by atoms with Crippen LogP contribution < -0.4 is 14.4 Å². The molecule has 0 saturated carbocycles. The first-order valence-corrected chi connectivity index (χ1v) is 11.7. The predicted molar refractivity (Wildman–Crippen MR) is 120 cm³/mol. The number of ether oxygens (including phenoxy) is 1. The standard InChI is InChI=1S/C23H25N3O4S/c1-3-30-22-10-5-4-9-21(22)26(31(2,28)29)17-18-11-13-19(14-12-18)23(27)25-16-20-8-6-7-15-24-20/h4-15H,3,16-17H2,1-2H3,(H,25,27). The zero-order chi connectivity index (χ0) is 22.3. The van der Waals surface area contributed by atoms with Crippen molar-refractivity contribution >= 4 is 21.6 Å². The summed E-state index contributed by atoms with van der Waals surface area (Å²) >= 11 is 0. The van der Waals surface area contributed by atoms with Crippen LogP contribution in [-0.2, 0) is 23.1 Å². The highest BCUT2D eigenvalue weighted by molar-refractivity contribution is 7.92. The lowest BCUT2D eigenvalue weighted by molar-refractivity contribution is 0.0950. The SMILES string of the molecule is CCOc1ccccc1N(Cc1ccc(C(=O)NCc2ccccn2)cc1)S(C)(=O)=O. The van der Waals surface area contributed by atoms with E-state index in [2.05, 4.69) is 10.3 Å². The first-order valence-electron chi connectivity index (χ1n) is 9.85. The van der Waals surface area contributed by atoms with Gasteiger partial charge in [-0.05, 0) is 48.9 Å². The van der Waals surface area contributed by atoms with Gasteiger partial charge in [0.05, 0.1) is 37.3 Å². The van der Waals surface area contributed by atoms with Crippen LogP contribution in [0.1, 0.15) is 28.5 Å². The molecule has 0 saturated heterocycles. The summed E-state index contributed by atoms with van der Waals surface area (Å²) < 4.78 is 31.9. The normalized spacial score (nSPS) is 11.0. The molecule has 162 valence electrons. The molecule has 1 N–H and O–H groups in total. The molecule has 0 bridgehead atoms. The number of aromatic nitrogens is 1. The van der Waals surface area contributed by atoms with Crippen molar-refractivity contribution in [2.45, 2.75) is 20.0 Å². The summed E-state index contributed by atoms with van der Waals surface area (Å²) in [7, 11) is -3.56. The topological polar surface area (TPSA) is 88.6 Å². The zero-order valence-corrected chi connectivity index (χ0v) is 18.3. The highest BCUT2D eigenvalue weighted by atomic mass is 32.2. The third-order valence-corrected chi connectivity index (χ3v) is 5.66. The molecular weight excluding hydrogens is 414 g/mol. The Kier molecular flexibility index (Phi) is 7.25. The largest absolute Gasteiger partial charge is 0.492 e. The molecule has 0 fully saturated rings. The van der Waals surface area contributed by atoms with Gasteiger partial charge in [-0.2, -0.15) is 0 Å². The molecule has 7 nitrogen and oxygen atoms in total. The van der Waals surface area contributed by atoms with E-state index in [-0.39, 0.29) is 12.5 Å². The van der Waals surface area contributed by atoms with E-state index in [9.17, 15) is 13.2 Å². The molecular formula is C23H25N3O4S. The van der Waals surface area contributed by atoms with Crippen LogP contribution in [0, 0.1) is 0 Å². The predicted octanol–water partition coefficient (Wildman–Crippen LogP) is 3.38. The molecule has 1 aromatic heterocycles. The van der Waals surface area contributed by atoms with Gasteiger partial charge in [-0.3, -0.25) is 14.1 Å². The second kappa shape index (κ2) is 10.1. The average Bonchev–Trinajstić information content (AvgIpc) is 2.77. The number of carbonyl (C=O) groups is 1. The van der Waals surface area contributed by atoms with Crippen LogP contribution in [0.2, 0.25) is 0 Å². The Morgan fingerprint density at radius 3 is 2.39 bits per heavy atom. The van der Waals surface area contributed by atoms with Crippen LogP contribution in [0.3, 0.4) is 0 Å². The zero-order valence-electron chi connectivity index (χ0n) is 17.5. The van der Waals surface area contributed by atoms with Gasteiger partial charge in [0, 0.05) is 11.8 Å². The molecule has 0 aliphatic heterocycles. The van der Waals surface area contributed by atoms with Crippen molar-refractivity contribution in [3.05, 3.63) is 89.7 Å². The Morgan fingerprint density at radius 1 is 1.03 bits per heavy atom. The van der Waals surface area contributed by atoms with E-state index in [1.54, 1.807) is 54.7 Å². The van der Waals surface area contributed by atoms with Gasteiger partial charge in [0.2, 0.25) is 10.0 Å². The second-order valence-corrected chi connectivity index (χ2v) is 8.78. The summed E-state index contributed by atoms with van der Waals surface area (Å²) in [5.74, 6) is 0.278. The van der Waals surface area contributed by atoms with E-state index in [0.717, 1.165) is 17.5 Å². The summed E-state index contributed by atoms with van der Waals surface area (Å²) in [5, 5.41) is 2.82. The Balaban J connectivity index is 1.74. The smallest absolute Gasteiger partial charge is 0.251 e. The molecule has 3 rings (SSSR count). The molecule has 0 aliphatic rings. The van der Waals surface area contributed by atoms with Crippen LogP contribution in [0.4, 0.5) is 5.69 Å². The van der Waals surface area contributed by atoms with Crippen molar-refractivity contribution in [3.63, 3.8) is 0 Å². The van der Waals surface area contributed by atoms with Gasteiger partial charge in [-0.1, -0.05) is 30.3 Å². The Hall–Kier alpha value is -3.39. The van der Waals surface area contributed by atoms with E-state index in [1.165, 1.54) is 4.31 Å². The van der Waals surface area contributed by atoms with Crippen molar-refractivity contribution in [3.8, 4) is 5.75 Å². The number of benzene rings is 2. The van der Waals surface area contributed by atoms with Crippen molar-refractivity contribution in [2.24, 2.45) is 0 Å². The van der Waals surface area contributed by atoms with Crippen LogP contribution >= 0.6 is 0 Å². The third-order valence-electron chi connectivity index (χ3n) is 4.53. The summed E-state index contributed by atoms with van der Waals surface area (Å²) in [4.78, 5) is 16.6. The lowest BCUT2D eigenvalue weighted by Gasteiger charge is -2.24. The number of nitrogens with zero attached hydrogens (tertiary/aromatic N) is 2. The summed E-state index contributed by atoms with van der Waals surface area (Å²) in [5.41, 5.74) is 2.48. The monoisotopic (exact) mass is 439 g/mol. The van der Waals surface area contributed by atoms with Gasteiger partial charge >= 0.3 is 0 Å². The average molecular weight is 440 g/mol. The number of carbonyl (C=O) groups excluding carboxylic acids is 1. The Bertz CT molecular complexity index is 1120. The highest BCUT2D eigenvalue weighted by Crippen LogP contribution is 2.31. The molecule has 3 aromatic rings. The minimum absolute atomic E-state index is 0.124. The number of hydrogen-bond donors (Lipinski definition) is 1. The molecule has 0 unspecified atom stereocenters. The molecule has 0 radical (unpaired) electrons. The van der Waals surface area contributed by atoms with Gasteiger partial charge in [0.1, 0.15) is 5.75 Å². The lowest BCUT2D eigenvalue weighted by atomic mass is 10.1. The van der Waals surface area contributed by atoms with Crippen molar-refractivity contribution in [1.29, 1.82) is 0 Å².